The molecule has 1 N–H and O–H groups in total. The van der Waals surface area contributed by atoms with Gasteiger partial charge < -0.3 is 15.0 Å². The summed E-state index contributed by atoms with van der Waals surface area (Å²) in [7, 11) is 0. The zero-order valence-electron chi connectivity index (χ0n) is 12.8. The summed E-state index contributed by atoms with van der Waals surface area (Å²) in [4.78, 5) is 14.0. The average molecular weight is 312 g/mol. The SMILES string of the molecule is CCCN(C(=O)OCc1cc(F)cc(F)c1)C1CCNCC1. The van der Waals surface area contributed by atoms with Gasteiger partial charge in [0.05, 0.1) is 0 Å². The van der Waals surface area contributed by atoms with E-state index in [4.69, 9.17) is 4.74 Å². The van der Waals surface area contributed by atoms with E-state index < -0.39 is 17.7 Å². The Morgan fingerprint density at radius 1 is 1.27 bits per heavy atom. The monoisotopic (exact) mass is 312 g/mol. The summed E-state index contributed by atoms with van der Waals surface area (Å²) >= 11 is 0. The standard InChI is InChI=1S/C16H22F2N2O2/c1-2-7-20(15-3-5-19-6-4-15)16(21)22-11-12-8-13(17)10-14(18)9-12/h8-10,15,19H,2-7,11H2,1H3. The van der Waals surface area contributed by atoms with E-state index in [0.29, 0.717) is 12.1 Å². The number of ether oxygens (including phenoxy) is 1. The molecule has 4 nitrogen and oxygen atoms in total. The number of nitrogens with one attached hydrogen (secondary N) is 1. The molecule has 0 bridgehead atoms. The highest BCUT2D eigenvalue weighted by Crippen LogP contribution is 2.15. The van der Waals surface area contributed by atoms with Crippen molar-refractivity contribution in [2.75, 3.05) is 19.6 Å². The molecule has 1 aromatic carbocycles. The van der Waals surface area contributed by atoms with Gasteiger partial charge in [-0.15, -0.1) is 0 Å². The lowest BCUT2D eigenvalue weighted by Gasteiger charge is -2.33. The number of benzene rings is 1. The Kier molecular flexibility index (Phi) is 6.12. The second-order valence-electron chi connectivity index (χ2n) is 5.51. The van der Waals surface area contributed by atoms with E-state index in [0.717, 1.165) is 38.4 Å². The van der Waals surface area contributed by atoms with Crippen LogP contribution in [0.25, 0.3) is 0 Å². The molecule has 1 aromatic rings. The number of amides is 1. The molecule has 22 heavy (non-hydrogen) atoms. The molecule has 1 saturated heterocycles. The number of hydrogen-bond acceptors (Lipinski definition) is 3. The van der Waals surface area contributed by atoms with Crippen LogP contribution in [0.1, 0.15) is 31.7 Å². The van der Waals surface area contributed by atoms with Crippen molar-refractivity contribution < 1.29 is 18.3 Å². The Bertz CT molecular complexity index is 485. The predicted molar refractivity (Wildman–Crippen MR) is 79.4 cm³/mol. The molecule has 0 atom stereocenters. The van der Waals surface area contributed by atoms with Gasteiger partial charge >= 0.3 is 6.09 Å². The minimum Gasteiger partial charge on any atom is -0.445 e. The number of nitrogens with zero attached hydrogens (tertiary/aromatic N) is 1. The van der Waals surface area contributed by atoms with Gasteiger partial charge in [-0.2, -0.15) is 0 Å². The van der Waals surface area contributed by atoms with E-state index in [1.54, 1.807) is 4.90 Å². The molecular formula is C16H22F2N2O2. The average Bonchev–Trinajstić information content (AvgIpc) is 2.50. The lowest BCUT2D eigenvalue weighted by atomic mass is 10.1. The lowest BCUT2D eigenvalue weighted by molar-refractivity contribution is 0.0733. The first-order valence-corrected chi connectivity index (χ1v) is 7.69. The molecule has 1 aliphatic rings. The van der Waals surface area contributed by atoms with Gasteiger partial charge in [-0.1, -0.05) is 6.92 Å². The quantitative estimate of drug-likeness (QED) is 0.908. The van der Waals surface area contributed by atoms with Crippen LogP contribution in [0.15, 0.2) is 18.2 Å². The van der Waals surface area contributed by atoms with Gasteiger partial charge in [-0.05, 0) is 50.0 Å². The fourth-order valence-electron chi connectivity index (χ4n) is 2.70. The van der Waals surface area contributed by atoms with Gasteiger partial charge in [-0.25, -0.2) is 13.6 Å². The van der Waals surface area contributed by atoms with Crippen LogP contribution < -0.4 is 5.32 Å². The van der Waals surface area contributed by atoms with Crippen molar-refractivity contribution in [2.45, 2.75) is 38.8 Å². The van der Waals surface area contributed by atoms with E-state index in [-0.39, 0.29) is 12.6 Å². The summed E-state index contributed by atoms with van der Waals surface area (Å²) in [6, 6.07) is 3.30. The maximum absolute atomic E-state index is 13.1. The number of carbonyl (C=O) groups excluding carboxylic acids is 1. The minimum atomic E-state index is -0.671. The molecule has 0 aliphatic carbocycles. The number of piperidine rings is 1. The van der Waals surface area contributed by atoms with E-state index >= 15 is 0 Å². The smallest absolute Gasteiger partial charge is 0.410 e. The van der Waals surface area contributed by atoms with Crippen LogP contribution in [0, 0.1) is 11.6 Å². The van der Waals surface area contributed by atoms with Crippen LogP contribution in [0.4, 0.5) is 13.6 Å². The van der Waals surface area contributed by atoms with Gasteiger partial charge in [0.2, 0.25) is 0 Å². The summed E-state index contributed by atoms with van der Waals surface area (Å²) in [6.07, 6.45) is 2.21. The Balaban J connectivity index is 1.95. The molecule has 122 valence electrons. The first kappa shape index (κ1) is 16.7. The van der Waals surface area contributed by atoms with Gasteiger partial charge in [0.15, 0.2) is 0 Å². The van der Waals surface area contributed by atoms with E-state index in [9.17, 15) is 13.6 Å². The molecule has 0 radical (unpaired) electrons. The molecule has 0 unspecified atom stereocenters. The third-order valence-corrected chi connectivity index (χ3v) is 3.73. The van der Waals surface area contributed by atoms with Gasteiger partial charge in [-0.3, -0.25) is 0 Å². The molecule has 1 fully saturated rings. The highest BCUT2D eigenvalue weighted by Gasteiger charge is 2.25. The van der Waals surface area contributed by atoms with Crippen LogP contribution in [-0.2, 0) is 11.3 Å². The van der Waals surface area contributed by atoms with Gasteiger partial charge in [0, 0.05) is 18.7 Å². The van der Waals surface area contributed by atoms with E-state index in [1.807, 2.05) is 6.92 Å². The van der Waals surface area contributed by atoms with Crippen molar-refractivity contribution in [1.82, 2.24) is 10.2 Å². The van der Waals surface area contributed by atoms with Crippen molar-refractivity contribution in [2.24, 2.45) is 0 Å². The molecule has 1 heterocycles. The van der Waals surface area contributed by atoms with Crippen LogP contribution in [-0.4, -0.2) is 36.7 Å². The Hall–Kier alpha value is -1.69. The molecule has 0 saturated carbocycles. The fraction of sp³-hybridized carbons (Fsp3) is 0.562. The summed E-state index contributed by atoms with van der Waals surface area (Å²) in [6.45, 7) is 4.27. The topological polar surface area (TPSA) is 41.6 Å². The van der Waals surface area contributed by atoms with Crippen molar-refractivity contribution in [3.63, 3.8) is 0 Å². The van der Waals surface area contributed by atoms with Crippen LogP contribution in [0.5, 0.6) is 0 Å². The molecule has 1 aliphatic heterocycles. The molecule has 6 heteroatoms. The van der Waals surface area contributed by atoms with E-state index in [2.05, 4.69) is 5.32 Å². The third-order valence-electron chi connectivity index (χ3n) is 3.73. The summed E-state index contributed by atoms with van der Waals surface area (Å²) in [5.74, 6) is -1.34. The molecular weight excluding hydrogens is 290 g/mol. The molecule has 0 aromatic heterocycles. The Labute approximate surface area is 129 Å². The normalized spacial score (nSPS) is 15.6. The van der Waals surface area contributed by atoms with Crippen LogP contribution in [0.3, 0.4) is 0 Å². The first-order chi connectivity index (χ1) is 10.6. The second-order valence-corrected chi connectivity index (χ2v) is 5.51. The Morgan fingerprint density at radius 2 is 1.91 bits per heavy atom. The van der Waals surface area contributed by atoms with Crippen LogP contribution in [0.2, 0.25) is 0 Å². The highest BCUT2D eigenvalue weighted by atomic mass is 19.1. The number of rotatable bonds is 5. The number of halogens is 2. The van der Waals surface area contributed by atoms with Crippen molar-refractivity contribution in [1.29, 1.82) is 0 Å². The van der Waals surface area contributed by atoms with Gasteiger partial charge in [0.25, 0.3) is 0 Å². The second kappa shape index (κ2) is 8.08. The summed E-state index contributed by atoms with van der Waals surface area (Å²) in [5.41, 5.74) is 0.313. The Morgan fingerprint density at radius 3 is 2.50 bits per heavy atom. The van der Waals surface area contributed by atoms with Gasteiger partial charge in [0.1, 0.15) is 18.2 Å². The lowest BCUT2D eigenvalue weighted by Crippen LogP contribution is -2.46. The third kappa shape index (κ3) is 4.66. The van der Waals surface area contributed by atoms with Crippen molar-refractivity contribution in [3.05, 3.63) is 35.4 Å². The number of carbonyl (C=O) groups is 1. The summed E-state index contributed by atoms with van der Waals surface area (Å²) < 4.78 is 31.5. The predicted octanol–water partition coefficient (Wildman–Crippen LogP) is 3.07. The number of hydrogen-bond donors (Lipinski definition) is 1. The molecule has 1 amide bonds. The van der Waals surface area contributed by atoms with Crippen LogP contribution >= 0.6 is 0 Å². The summed E-state index contributed by atoms with van der Waals surface area (Å²) in [5, 5.41) is 3.26. The van der Waals surface area contributed by atoms with E-state index in [1.165, 1.54) is 12.1 Å². The maximum Gasteiger partial charge on any atom is 0.410 e. The zero-order valence-corrected chi connectivity index (χ0v) is 12.8. The largest absolute Gasteiger partial charge is 0.445 e. The zero-order chi connectivity index (χ0) is 15.9. The van der Waals surface area contributed by atoms with Crippen molar-refractivity contribution in [3.8, 4) is 0 Å². The fourth-order valence-corrected chi connectivity index (χ4v) is 2.70. The highest BCUT2D eigenvalue weighted by molar-refractivity contribution is 5.68. The minimum absolute atomic E-state index is 0.126. The van der Waals surface area contributed by atoms with Crippen molar-refractivity contribution >= 4 is 6.09 Å². The molecule has 2 rings (SSSR count). The first-order valence-electron chi connectivity index (χ1n) is 7.69. The molecule has 0 spiro atoms. The maximum atomic E-state index is 13.1.